The third-order valence-electron chi connectivity index (χ3n) is 2.37. The number of thioether (sulfide) groups is 1. The van der Waals surface area contributed by atoms with Crippen LogP contribution in [-0.4, -0.2) is 7.11 Å². The molecule has 0 spiro atoms. The van der Waals surface area contributed by atoms with Gasteiger partial charge in [0.1, 0.15) is 5.75 Å². The molecule has 0 aliphatic carbocycles. The van der Waals surface area contributed by atoms with Crippen molar-refractivity contribution in [3.05, 3.63) is 54.1 Å². The lowest BCUT2D eigenvalue weighted by atomic mass is 10.2. The number of benzene rings is 2. The van der Waals surface area contributed by atoms with Crippen molar-refractivity contribution >= 4 is 17.4 Å². The van der Waals surface area contributed by atoms with E-state index in [9.17, 15) is 0 Å². The van der Waals surface area contributed by atoms with Gasteiger partial charge in [0.05, 0.1) is 7.11 Å². The molecule has 0 fully saturated rings. The van der Waals surface area contributed by atoms with Crippen LogP contribution in [0.25, 0.3) is 0 Å². The van der Waals surface area contributed by atoms with Crippen molar-refractivity contribution in [1.29, 1.82) is 0 Å². The topological polar surface area (TPSA) is 35.2 Å². The molecule has 88 valence electrons. The van der Waals surface area contributed by atoms with Gasteiger partial charge in [0.2, 0.25) is 0 Å². The average Bonchev–Trinajstić information content (AvgIpc) is 2.37. The molecule has 17 heavy (non-hydrogen) atoms. The molecule has 0 aliphatic rings. The first-order chi connectivity index (χ1) is 8.28. The fraction of sp³-hybridized carbons (Fsp3) is 0.143. The molecule has 3 heteroatoms. The Morgan fingerprint density at radius 2 is 1.88 bits per heavy atom. The van der Waals surface area contributed by atoms with E-state index in [1.807, 2.05) is 36.4 Å². The number of ether oxygens (including phenoxy) is 1. The minimum Gasteiger partial charge on any atom is -0.497 e. The van der Waals surface area contributed by atoms with Crippen LogP contribution in [0.15, 0.2) is 53.4 Å². The molecule has 0 radical (unpaired) electrons. The smallest absolute Gasteiger partial charge is 0.121 e. The van der Waals surface area contributed by atoms with Crippen molar-refractivity contribution in [3.8, 4) is 5.75 Å². The highest BCUT2D eigenvalue weighted by Crippen LogP contribution is 2.26. The highest BCUT2D eigenvalue weighted by molar-refractivity contribution is 7.98. The molecule has 2 N–H and O–H groups in total. The second-order valence-electron chi connectivity index (χ2n) is 3.72. The van der Waals surface area contributed by atoms with Crippen molar-refractivity contribution in [1.82, 2.24) is 0 Å². The fourth-order valence-electron chi connectivity index (χ4n) is 1.57. The van der Waals surface area contributed by atoms with Gasteiger partial charge in [0.15, 0.2) is 0 Å². The van der Waals surface area contributed by atoms with Gasteiger partial charge in [-0.3, -0.25) is 0 Å². The number of hydrogen-bond donors (Lipinski definition) is 1. The van der Waals surface area contributed by atoms with Gasteiger partial charge in [-0.05, 0) is 29.8 Å². The Balaban J connectivity index is 2.06. The summed E-state index contributed by atoms with van der Waals surface area (Å²) in [5.74, 6) is 1.71. The summed E-state index contributed by atoms with van der Waals surface area (Å²) in [5.41, 5.74) is 7.73. The summed E-state index contributed by atoms with van der Waals surface area (Å²) in [4.78, 5) is 1.26. The quantitative estimate of drug-likeness (QED) is 0.660. The largest absolute Gasteiger partial charge is 0.497 e. The number of rotatable bonds is 4. The third-order valence-corrected chi connectivity index (χ3v) is 3.46. The van der Waals surface area contributed by atoms with E-state index in [1.165, 1.54) is 10.5 Å². The van der Waals surface area contributed by atoms with E-state index in [1.54, 1.807) is 18.9 Å². The maximum atomic E-state index is 5.81. The molecule has 0 bridgehead atoms. The Hall–Kier alpha value is -1.61. The highest BCUT2D eigenvalue weighted by atomic mass is 32.2. The minimum absolute atomic E-state index is 0.744. The monoisotopic (exact) mass is 245 g/mol. The summed E-state index contributed by atoms with van der Waals surface area (Å²) in [6.07, 6.45) is 0. The molecule has 0 saturated carbocycles. The Labute approximate surface area is 106 Å². The molecule has 2 aromatic carbocycles. The van der Waals surface area contributed by atoms with Crippen LogP contribution in [0.2, 0.25) is 0 Å². The molecule has 0 saturated heterocycles. The summed E-state index contributed by atoms with van der Waals surface area (Å²) in [5, 5.41) is 0. The first-order valence-electron chi connectivity index (χ1n) is 5.39. The maximum Gasteiger partial charge on any atom is 0.121 e. The second-order valence-corrected chi connectivity index (χ2v) is 4.76. The first-order valence-corrected chi connectivity index (χ1v) is 6.38. The third kappa shape index (κ3) is 3.43. The Morgan fingerprint density at radius 1 is 1.12 bits per heavy atom. The highest BCUT2D eigenvalue weighted by Gasteiger charge is 2.00. The van der Waals surface area contributed by atoms with Gasteiger partial charge in [0.25, 0.3) is 0 Å². The molecule has 0 amide bonds. The van der Waals surface area contributed by atoms with Crippen molar-refractivity contribution in [2.75, 3.05) is 12.8 Å². The zero-order valence-corrected chi connectivity index (χ0v) is 10.5. The van der Waals surface area contributed by atoms with Crippen LogP contribution in [-0.2, 0) is 5.75 Å². The van der Waals surface area contributed by atoms with Gasteiger partial charge in [0, 0.05) is 22.4 Å². The van der Waals surface area contributed by atoms with Crippen molar-refractivity contribution in [2.24, 2.45) is 0 Å². The lowest BCUT2D eigenvalue weighted by Crippen LogP contribution is -1.91. The van der Waals surface area contributed by atoms with Crippen LogP contribution < -0.4 is 10.5 Å². The second kappa shape index (κ2) is 5.64. The first kappa shape index (κ1) is 11.9. The number of anilines is 1. The number of nitrogen functional groups attached to an aromatic ring is 1. The summed E-state index contributed by atoms with van der Waals surface area (Å²) in [6, 6.07) is 16.2. The number of methoxy groups -OCH3 is 1. The van der Waals surface area contributed by atoms with Gasteiger partial charge in [-0.2, -0.15) is 0 Å². The van der Waals surface area contributed by atoms with E-state index < -0.39 is 0 Å². The van der Waals surface area contributed by atoms with E-state index in [4.69, 9.17) is 10.5 Å². The Bertz CT molecular complexity index is 485. The normalized spacial score (nSPS) is 10.2. The van der Waals surface area contributed by atoms with Gasteiger partial charge in [-0.1, -0.05) is 18.2 Å². The molecule has 0 aliphatic heterocycles. The van der Waals surface area contributed by atoms with E-state index in [0.29, 0.717) is 0 Å². The molecule has 2 rings (SSSR count). The van der Waals surface area contributed by atoms with E-state index in [0.717, 1.165) is 17.2 Å². The summed E-state index contributed by atoms with van der Waals surface area (Å²) in [6.45, 7) is 0. The molecule has 2 aromatic rings. The zero-order valence-electron chi connectivity index (χ0n) is 9.72. The van der Waals surface area contributed by atoms with Gasteiger partial charge < -0.3 is 10.5 Å². The maximum absolute atomic E-state index is 5.81. The van der Waals surface area contributed by atoms with Gasteiger partial charge in [-0.15, -0.1) is 11.8 Å². The molecule has 0 atom stereocenters. The predicted molar refractivity (Wildman–Crippen MR) is 73.4 cm³/mol. The van der Waals surface area contributed by atoms with E-state index in [2.05, 4.69) is 12.1 Å². The molecule has 2 nitrogen and oxygen atoms in total. The SMILES string of the molecule is COc1cc(N)cc(CSc2ccccc2)c1. The average molecular weight is 245 g/mol. The Morgan fingerprint density at radius 3 is 2.59 bits per heavy atom. The molecule has 0 heterocycles. The fourth-order valence-corrected chi connectivity index (χ4v) is 2.42. The van der Waals surface area contributed by atoms with Gasteiger partial charge in [-0.25, -0.2) is 0 Å². The van der Waals surface area contributed by atoms with Crippen LogP contribution in [0.3, 0.4) is 0 Å². The summed E-state index contributed by atoms with van der Waals surface area (Å²) < 4.78 is 5.20. The zero-order chi connectivity index (χ0) is 12.1. The van der Waals surface area contributed by atoms with Crippen LogP contribution in [0.5, 0.6) is 5.75 Å². The summed E-state index contributed by atoms with van der Waals surface area (Å²) >= 11 is 1.79. The molecular weight excluding hydrogens is 230 g/mol. The van der Waals surface area contributed by atoms with Crippen molar-refractivity contribution < 1.29 is 4.74 Å². The van der Waals surface area contributed by atoms with Crippen molar-refractivity contribution in [3.63, 3.8) is 0 Å². The standard InChI is InChI=1S/C14H15NOS/c1-16-13-8-11(7-12(15)9-13)10-17-14-5-3-2-4-6-14/h2-9H,10,15H2,1H3. The predicted octanol–water partition coefficient (Wildman–Crippen LogP) is 3.57. The molecule has 0 unspecified atom stereocenters. The minimum atomic E-state index is 0.744. The van der Waals surface area contributed by atoms with Crippen LogP contribution in [0.4, 0.5) is 5.69 Å². The Kier molecular flexibility index (Phi) is 3.94. The van der Waals surface area contributed by atoms with Crippen LogP contribution >= 0.6 is 11.8 Å². The van der Waals surface area contributed by atoms with E-state index >= 15 is 0 Å². The lowest BCUT2D eigenvalue weighted by molar-refractivity contribution is 0.414. The summed E-state index contributed by atoms with van der Waals surface area (Å²) in [7, 11) is 1.66. The van der Waals surface area contributed by atoms with Crippen LogP contribution in [0, 0.1) is 0 Å². The molecule has 0 aromatic heterocycles. The van der Waals surface area contributed by atoms with E-state index in [-0.39, 0.29) is 0 Å². The number of hydrogen-bond acceptors (Lipinski definition) is 3. The van der Waals surface area contributed by atoms with Crippen molar-refractivity contribution in [2.45, 2.75) is 10.6 Å². The van der Waals surface area contributed by atoms with Crippen LogP contribution in [0.1, 0.15) is 5.56 Å². The molecular formula is C14H15NOS. The lowest BCUT2D eigenvalue weighted by Gasteiger charge is -2.06. The number of nitrogens with two attached hydrogens (primary N) is 1. The van der Waals surface area contributed by atoms with Gasteiger partial charge >= 0.3 is 0 Å².